The third-order valence-electron chi connectivity index (χ3n) is 3.99. The molecule has 0 atom stereocenters. The largest absolute Gasteiger partial charge is 0.460 e. The highest BCUT2D eigenvalue weighted by molar-refractivity contribution is 5.71. The summed E-state index contributed by atoms with van der Waals surface area (Å²) in [5, 5.41) is 0. The maximum Gasteiger partial charge on any atom is 0.410 e. The smallest absolute Gasteiger partial charge is 0.410 e. The average molecular weight is 363 g/mol. The van der Waals surface area contributed by atoms with Crippen LogP contribution in [-0.2, 0) is 27.4 Å². The molecule has 0 saturated carbocycles. The van der Waals surface area contributed by atoms with Crippen molar-refractivity contribution in [3.05, 3.63) is 35.4 Å². The minimum atomic E-state index is -0.470. The van der Waals surface area contributed by atoms with E-state index in [1.165, 1.54) is 0 Å². The molecule has 0 bridgehead atoms. The molecule has 0 aromatic heterocycles. The van der Waals surface area contributed by atoms with E-state index in [9.17, 15) is 9.59 Å². The molecule has 1 aliphatic heterocycles. The zero-order chi connectivity index (χ0) is 19.2. The summed E-state index contributed by atoms with van der Waals surface area (Å²) < 4.78 is 10.5. The zero-order valence-electron chi connectivity index (χ0n) is 15.9. The van der Waals surface area contributed by atoms with Crippen LogP contribution in [0.3, 0.4) is 0 Å². The quantitative estimate of drug-likeness (QED) is 0.802. The van der Waals surface area contributed by atoms with Crippen LogP contribution in [0.2, 0.25) is 0 Å². The van der Waals surface area contributed by atoms with Crippen molar-refractivity contribution in [1.29, 1.82) is 0 Å². The van der Waals surface area contributed by atoms with Gasteiger partial charge < -0.3 is 20.1 Å². The van der Waals surface area contributed by atoms with Crippen LogP contribution in [0.25, 0.3) is 0 Å². The maximum atomic E-state index is 12.1. The van der Waals surface area contributed by atoms with E-state index in [4.69, 9.17) is 15.2 Å². The van der Waals surface area contributed by atoms with E-state index in [1.54, 1.807) is 4.90 Å². The fourth-order valence-corrected chi connectivity index (χ4v) is 2.71. The molecular formula is C19H29N3O4. The molecule has 26 heavy (non-hydrogen) atoms. The Morgan fingerprint density at radius 3 is 2.38 bits per heavy atom. The lowest BCUT2D eigenvalue weighted by Crippen LogP contribution is -2.49. The summed E-state index contributed by atoms with van der Waals surface area (Å²) in [5.41, 5.74) is 6.86. The molecule has 144 valence electrons. The van der Waals surface area contributed by atoms with E-state index in [1.807, 2.05) is 39.0 Å². The van der Waals surface area contributed by atoms with Crippen LogP contribution in [0, 0.1) is 0 Å². The minimum Gasteiger partial charge on any atom is -0.460 e. The Balaban J connectivity index is 1.82. The molecule has 1 fully saturated rings. The average Bonchev–Trinajstić information content (AvgIpc) is 2.59. The van der Waals surface area contributed by atoms with Crippen molar-refractivity contribution in [2.24, 2.45) is 5.73 Å². The number of ether oxygens (including phenoxy) is 2. The number of benzene rings is 1. The highest BCUT2D eigenvalue weighted by atomic mass is 16.6. The van der Waals surface area contributed by atoms with Crippen molar-refractivity contribution >= 4 is 12.1 Å². The first-order valence-corrected chi connectivity index (χ1v) is 8.90. The van der Waals surface area contributed by atoms with Gasteiger partial charge in [-0.05, 0) is 31.9 Å². The number of amides is 1. The first kappa shape index (κ1) is 20.2. The predicted molar refractivity (Wildman–Crippen MR) is 98.4 cm³/mol. The number of nitrogens with zero attached hydrogens (tertiary/aromatic N) is 2. The predicted octanol–water partition coefficient (Wildman–Crippen LogP) is 1.74. The highest BCUT2D eigenvalue weighted by Crippen LogP contribution is 2.14. The number of rotatable bonds is 5. The molecule has 2 N–H and O–H groups in total. The van der Waals surface area contributed by atoms with E-state index in [0.717, 1.165) is 30.8 Å². The van der Waals surface area contributed by atoms with Crippen LogP contribution >= 0.6 is 0 Å². The molecule has 7 heteroatoms. The molecule has 0 aliphatic carbocycles. The van der Waals surface area contributed by atoms with Crippen molar-refractivity contribution in [2.75, 3.05) is 32.7 Å². The maximum absolute atomic E-state index is 12.1. The van der Waals surface area contributed by atoms with Gasteiger partial charge in [0.2, 0.25) is 0 Å². The van der Waals surface area contributed by atoms with Crippen molar-refractivity contribution in [2.45, 2.75) is 39.5 Å². The molecule has 1 aromatic carbocycles. The van der Waals surface area contributed by atoms with Crippen molar-refractivity contribution < 1.29 is 19.1 Å². The standard InChI is InChI=1S/C19H29N3O4/c1-19(2,3)26-18(24)22-9-7-21(8-10-22)13-15-5-4-6-16(11-15)14-25-17(23)12-20/h4-6,11H,7-10,12-14,20H2,1-3H3. The number of carbonyl (C=O) groups excluding carboxylic acids is 2. The summed E-state index contributed by atoms with van der Waals surface area (Å²) in [5.74, 6) is -0.409. The normalized spacial score (nSPS) is 15.6. The molecule has 1 aliphatic rings. The number of hydrogen-bond donors (Lipinski definition) is 1. The monoisotopic (exact) mass is 363 g/mol. The third kappa shape index (κ3) is 6.65. The zero-order valence-corrected chi connectivity index (χ0v) is 15.9. The van der Waals surface area contributed by atoms with Crippen LogP contribution in [0.4, 0.5) is 4.79 Å². The van der Waals surface area contributed by atoms with E-state index in [-0.39, 0.29) is 19.2 Å². The SMILES string of the molecule is CC(C)(C)OC(=O)N1CCN(Cc2cccc(COC(=O)CN)c2)CC1. The lowest BCUT2D eigenvalue weighted by Gasteiger charge is -2.35. The molecule has 7 nitrogen and oxygen atoms in total. The number of hydrogen-bond acceptors (Lipinski definition) is 6. The van der Waals surface area contributed by atoms with Crippen LogP contribution in [0.5, 0.6) is 0 Å². The van der Waals surface area contributed by atoms with Crippen LogP contribution in [-0.4, -0.2) is 60.2 Å². The van der Waals surface area contributed by atoms with Crippen LogP contribution < -0.4 is 5.73 Å². The fourth-order valence-electron chi connectivity index (χ4n) is 2.71. The molecule has 1 saturated heterocycles. The molecule has 1 heterocycles. The van der Waals surface area contributed by atoms with Gasteiger partial charge in [-0.25, -0.2) is 4.79 Å². The number of piperazine rings is 1. The van der Waals surface area contributed by atoms with Crippen molar-refractivity contribution in [3.63, 3.8) is 0 Å². The van der Waals surface area contributed by atoms with E-state index >= 15 is 0 Å². The lowest BCUT2D eigenvalue weighted by molar-refractivity contribution is -0.143. The Kier molecular flexibility index (Phi) is 6.99. The highest BCUT2D eigenvalue weighted by Gasteiger charge is 2.25. The van der Waals surface area contributed by atoms with Crippen LogP contribution in [0.15, 0.2) is 24.3 Å². The van der Waals surface area contributed by atoms with Gasteiger partial charge >= 0.3 is 12.1 Å². The third-order valence-corrected chi connectivity index (χ3v) is 3.99. The lowest BCUT2D eigenvalue weighted by atomic mass is 10.1. The first-order chi connectivity index (χ1) is 12.3. The van der Waals surface area contributed by atoms with E-state index < -0.39 is 11.6 Å². The van der Waals surface area contributed by atoms with Gasteiger partial charge in [-0.3, -0.25) is 9.69 Å². The first-order valence-electron chi connectivity index (χ1n) is 8.90. The van der Waals surface area contributed by atoms with Gasteiger partial charge in [0.25, 0.3) is 0 Å². The van der Waals surface area contributed by atoms with E-state index in [0.29, 0.717) is 13.1 Å². The van der Waals surface area contributed by atoms with Gasteiger partial charge in [-0.1, -0.05) is 24.3 Å². The van der Waals surface area contributed by atoms with Crippen molar-refractivity contribution in [1.82, 2.24) is 9.80 Å². The second-order valence-corrected chi connectivity index (χ2v) is 7.43. The van der Waals surface area contributed by atoms with Gasteiger partial charge in [-0.15, -0.1) is 0 Å². The second kappa shape index (κ2) is 9.00. The minimum absolute atomic E-state index is 0.110. The molecule has 0 radical (unpaired) electrons. The van der Waals surface area contributed by atoms with Crippen molar-refractivity contribution in [3.8, 4) is 0 Å². The Labute approximate surface area is 155 Å². The topological polar surface area (TPSA) is 85.1 Å². The van der Waals surface area contributed by atoms with E-state index in [2.05, 4.69) is 11.0 Å². The second-order valence-electron chi connectivity index (χ2n) is 7.43. The summed E-state index contributed by atoms with van der Waals surface area (Å²) in [6.45, 7) is 9.44. The number of nitrogens with two attached hydrogens (primary N) is 1. The molecular weight excluding hydrogens is 334 g/mol. The van der Waals surface area contributed by atoms with Gasteiger partial charge in [-0.2, -0.15) is 0 Å². The summed E-state index contributed by atoms with van der Waals surface area (Å²) in [4.78, 5) is 27.3. The fraction of sp³-hybridized carbons (Fsp3) is 0.579. The van der Waals surface area contributed by atoms with Gasteiger partial charge in [0.1, 0.15) is 12.2 Å². The molecule has 0 spiro atoms. The van der Waals surface area contributed by atoms with Gasteiger partial charge in [0.15, 0.2) is 0 Å². The number of esters is 1. The Morgan fingerprint density at radius 1 is 1.12 bits per heavy atom. The van der Waals surface area contributed by atoms with Gasteiger partial charge in [0, 0.05) is 32.7 Å². The Morgan fingerprint density at radius 2 is 1.77 bits per heavy atom. The summed E-state index contributed by atoms with van der Waals surface area (Å²) in [6, 6.07) is 7.96. The summed E-state index contributed by atoms with van der Waals surface area (Å²) in [7, 11) is 0. The molecule has 1 aromatic rings. The molecule has 2 rings (SSSR count). The van der Waals surface area contributed by atoms with Gasteiger partial charge in [0.05, 0.1) is 6.54 Å². The number of carbonyl (C=O) groups is 2. The van der Waals surface area contributed by atoms with Crippen LogP contribution in [0.1, 0.15) is 31.9 Å². The summed E-state index contributed by atoms with van der Waals surface area (Å²) >= 11 is 0. The molecule has 0 unspecified atom stereocenters. The Hall–Kier alpha value is -2.12. The summed E-state index contributed by atoms with van der Waals surface area (Å²) in [6.07, 6.45) is -0.249. The Bertz CT molecular complexity index is 619. The molecule has 1 amide bonds.